The van der Waals surface area contributed by atoms with Crippen molar-refractivity contribution in [2.75, 3.05) is 0 Å². The van der Waals surface area contributed by atoms with Crippen LogP contribution in [-0.2, 0) is 0 Å². The molecule has 0 saturated heterocycles. The summed E-state index contributed by atoms with van der Waals surface area (Å²) >= 11 is 0. The van der Waals surface area contributed by atoms with Gasteiger partial charge in [-0.2, -0.15) is 0 Å². The van der Waals surface area contributed by atoms with E-state index in [1.807, 2.05) is 84.9 Å². The van der Waals surface area contributed by atoms with E-state index in [1.54, 1.807) is 6.20 Å². The van der Waals surface area contributed by atoms with E-state index in [4.69, 9.17) is 29.3 Å². The van der Waals surface area contributed by atoms with Crippen LogP contribution in [0.4, 0.5) is 0 Å². The lowest BCUT2D eigenvalue weighted by Gasteiger charge is -2.11. The van der Waals surface area contributed by atoms with Gasteiger partial charge in [0, 0.05) is 22.7 Å². The molecule has 8 rings (SSSR count). The van der Waals surface area contributed by atoms with E-state index < -0.39 is 0 Å². The third kappa shape index (κ3) is 4.01. The highest BCUT2D eigenvalue weighted by Gasteiger charge is 2.22. The lowest BCUT2D eigenvalue weighted by molar-refractivity contribution is 0.656. The normalized spacial score (nSPS) is 11.4. The standard InChI is InChI=1S/C35H21N5O/c1-3-10-22(11-4-1)23-17-19-25(20-18-23)33-38-32(24-12-5-2-6-13-24)39-34(40-33)30-29-26-14-7-8-16-28(26)41-35(29)37-27-15-9-21-36-31(27)30/h1-21H. The van der Waals surface area contributed by atoms with Gasteiger partial charge in [-0.1, -0.05) is 103 Å². The molecule has 6 heteroatoms. The maximum absolute atomic E-state index is 6.20. The second-order valence-electron chi connectivity index (χ2n) is 9.75. The van der Waals surface area contributed by atoms with Gasteiger partial charge in [0.1, 0.15) is 11.1 Å². The average molecular weight is 528 g/mol. The van der Waals surface area contributed by atoms with Crippen LogP contribution >= 0.6 is 0 Å². The number of rotatable bonds is 4. The zero-order valence-corrected chi connectivity index (χ0v) is 21.8. The molecule has 0 amide bonds. The van der Waals surface area contributed by atoms with Crippen LogP contribution in [0.2, 0.25) is 0 Å². The van der Waals surface area contributed by atoms with Crippen LogP contribution in [-0.4, -0.2) is 24.9 Å². The van der Waals surface area contributed by atoms with Gasteiger partial charge in [0.05, 0.1) is 16.5 Å². The SMILES string of the molecule is c1ccc(-c2ccc(-c3nc(-c4ccccc4)nc(-c4c5ncccc5nc5oc6ccccc6c45)n3)cc2)cc1. The van der Waals surface area contributed by atoms with E-state index >= 15 is 0 Å². The van der Waals surface area contributed by atoms with E-state index in [-0.39, 0.29) is 0 Å². The Bertz CT molecular complexity index is 2190. The minimum atomic E-state index is 0.517. The van der Waals surface area contributed by atoms with Crippen LogP contribution in [0, 0.1) is 0 Å². The van der Waals surface area contributed by atoms with Crippen molar-refractivity contribution in [1.29, 1.82) is 0 Å². The number of benzene rings is 4. The van der Waals surface area contributed by atoms with Crippen LogP contribution in [0.3, 0.4) is 0 Å². The smallest absolute Gasteiger partial charge is 0.228 e. The molecule has 192 valence electrons. The van der Waals surface area contributed by atoms with Gasteiger partial charge < -0.3 is 4.42 Å². The summed E-state index contributed by atoms with van der Waals surface area (Å²) in [5, 5.41) is 1.77. The Morgan fingerprint density at radius 2 is 1.05 bits per heavy atom. The van der Waals surface area contributed by atoms with E-state index in [0.29, 0.717) is 34.2 Å². The first-order valence-corrected chi connectivity index (χ1v) is 13.4. The second-order valence-corrected chi connectivity index (χ2v) is 9.75. The molecule has 0 saturated carbocycles. The number of aromatic nitrogens is 5. The van der Waals surface area contributed by atoms with Crippen molar-refractivity contribution in [3.05, 3.63) is 128 Å². The fraction of sp³-hybridized carbons (Fsp3) is 0. The lowest BCUT2D eigenvalue weighted by Crippen LogP contribution is -2.01. The molecule has 6 nitrogen and oxygen atoms in total. The molecule has 41 heavy (non-hydrogen) atoms. The van der Waals surface area contributed by atoms with Crippen LogP contribution in [0.5, 0.6) is 0 Å². The number of nitrogens with zero attached hydrogens (tertiary/aromatic N) is 5. The van der Waals surface area contributed by atoms with E-state index in [2.05, 4.69) is 36.4 Å². The van der Waals surface area contributed by atoms with Gasteiger partial charge >= 0.3 is 0 Å². The summed E-state index contributed by atoms with van der Waals surface area (Å²) in [7, 11) is 0. The van der Waals surface area contributed by atoms with Crippen molar-refractivity contribution in [3.8, 4) is 45.3 Å². The third-order valence-corrected chi connectivity index (χ3v) is 7.21. The van der Waals surface area contributed by atoms with Gasteiger partial charge in [0.15, 0.2) is 17.5 Å². The molecule has 0 radical (unpaired) electrons. The average Bonchev–Trinajstić information content (AvgIpc) is 3.42. The summed E-state index contributed by atoms with van der Waals surface area (Å²) in [4.78, 5) is 24.5. The molecule has 0 aliphatic carbocycles. The molecule has 0 aliphatic rings. The zero-order chi connectivity index (χ0) is 27.2. The first-order chi connectivity index (χ1) is 20.3. The quantitative estimate of drug-likeness (QED) is 0.229. The number of hydrogen-bond donors (Lipinski definition) is 0. The summed E-state index contributed by atoms with van der Waals surface area (Å²) in [6.45, 7) is 0. The maximum atomic E-state index is 6.20. The van der Waals surface area contributed by atoms with Crippen molar-refractivity contribution < 1.29 is 4.42 Å². The van der Waals surface area contributed by atoms with Crippen molar-refractivity contribution in [1.82, 2.24) is 24.9 Å². The molecule has 0 spiro atoms. The highest BCUT2D eigenvalue weighted by atomic mass is 16.3. The molecule has 0 unspecified atom stereocenters. The topological polar surface area (TPSA) is 77.6 Å². The molecule has 0 bridgehead atoms. The molecular weight excluding hydrogens is 506 g/mol. The fourth-order valence-electron chi connectivity index (χ4n) is 5.25. The van der Waals surface area contributed by atoms with Gasteiger partial charge in [0.25, 0.3) is 0 Å². The summed E-state index contributed by atoms with van der Waals surface area (Å²) in [5.41, 5.74) is 7.55. The van der Waals surface area contributed by atoms with Gasteiger partial charge in [-0.25, -0.2) is 19.9 Å². The van der Waals surface area contributed by atoms with Crippen LogP contribution in [0.1, 0.15) is 0 Å². The predicted octanol–water partition coefficient (Wildman–Crippen LogP) is 8.38. The Labute approximate surface area is 235 Å². The Morgan fingerprint density at radius 1 is 0.463 bits per heavy atom. The summed E-state index contributed by atoms with van der Waals surface area (Å²) in [6, 6.07) is 40.3. The highest BCUT2D eigenvalue weighted by molar-refractivity contribution is 6.16. The Morgan fingerprint density at radius 3 is 1.80 bits per heavy atom. The minimum absolute atomic E-state index is 0.517. The largest absolute Gasteiger partial charge is 0.438 e. The highest BCUT2D eigenvalue weighted by Crippen LogP contribution is 2.39. The number of furan rings is 1. The van der Waals surface area contributed by atoms with E-state index in [1.165, 1.54) is 0 Å². The molecule has 0 fully saturated rings. The molecular formula is C35H21N5O. The predicted molar refractivity (Wildman–Crippen MR) is 162 cm³/mol. The van der Waals surface area contributed by atoms with Gasteiger partial charge in [-0.05, 0) is 29.3 Å². The van der Waals surface area contributed by atoms with Crippen molar-refractivity contribution in [2.24, 2.45) is 0 Å². The van der Waals surface area contributed by atoms with Gasteiger partial charge in [0.2, 0.25) is 5.71 Å². The third-order valence-electron chi connectivity index (χ3n) is 7.21. The second kappa shape index (κ2) is 9.47. The first kappa shape index (κ1) is 23.2. The molecule has 0 N–H and O–H groups in total. The number of hydrogen-bond acceptors (Lipinski definition) is 6. The first-order valence-electron chi connectivity index (χ1n) is 13.4. The minimum Gasteiger partial charge on any atom is -0.438 e. The summed E-state index contributed by atoms with van der Waals surface area (Å²) < 4.78 is 6.20. The van der Waals surface area contributed by atoms with Crippen molar-refractivity contribution in [3.63, 3.8) is 0 Å². The summed E-state index contributed by atoms with van der Waals surface area (Å²) in [6.07, 6.45) is 1.77. The molecule has 0 aliphatic heterocycles. The van der Waals surface area contributed by atoms with Crippen LogP contribution in [0.15, 0.2) is 132 Å². The summed E-state index contributed by atoms with van der Waals surface area (Å²) in [5.74, 6) is 1.68. The van der Waals surface area contributed by atoms with E-state index in [9.17, 15) is 0 Å². The Kier molecular flexibility index (Phi) is 5.35. The molecule has 8 aromatic rings. The number of para-hydroxylation sites is 1. The van der Waals surface area contributed by atoms with Crippen LogP contribution < -0.4 is 0 Å². The maximum Gasteiger partial charge on any atom is 0.228 e. The fourth-order valence-corrected chi connectivity index (χ4v) is 5.25. The lowest BCUT2D eigenvalue weighted by atomic mass is 10.0. The van der Waals surface area contributed by atoms with Crippen LogP contribution in [0.25, 0.3) is 78.4 Å². The zero-order valence-electron chi connectivity index (χ0n) is 21.8. The van der Waals surface area contributed by atoms with E-state index in [0.717, 1.165) is 44.2 Å². The van der Waals surface area contributed by atoms with Crippen molar-refractivity contribution >= 4 is 33.1 Å². The molecule has 4 heterocycles. The van der Waals surface area contributed by atoms with Gasteiger partial charge in [-0.15, -0.1) is 0 Å². The Balaban J connectivity index is 1.41. The molecule has 4 aromatic carbocycles. The molecule has 4 aromatic heterocycles. The van der Waals surface area contributed by atoms with Gasteiger partial charge in [-0.3, -0.25) is 4.98 Å². The van der Waals surface area contributed by atoms with Crippen molar-refractivity contribution in [2.45, 2.75) is 0 Å². The monoisotopic (exact) mass is 527 g/mol. The number of pyridine rings is 2. The molecule has 0 atom stereocenters. The number of fused-ring (bicyclic) bond motifs is 4. The Hall–Kier alpha value is -5.75.